The Morgan fingerprint density at radius 1 is 1.58 bits per heavy atom. The summed E-state index contributed by atoms with van der Waals surface area (Å²) < 4.78 is 7.20. The molecule has 1 N–H and O–H groups in total. The van der Waals surface area contributed by atoms with Crippen molar-refractivity contribution in [2.75, 3.05) is 13.2 Å². The second kappa shape index (κ2) is 4.62. The van der Waals surface area contributed by atoms with Crippen molar-refractivity contribution in [3.8, 4) is 0 Å². The number of carbonyl (C=O) groups is 1. The Bertz CT molecular complexity index is 617. The number of nitrogens with zero attached hydrogens (tertiary/aromatic N) is 3. The Morgan fingerprint density at radius 2 is 2.42 bits per heavy atom. The number of hydrogen-bond donors (Lipinski definition) is 1. The van der Waals surface area contributed by atoms with Gasteiger partial charge in [-0.2, -0.15) is 0 Å². The standard InChI is InChI=1S/C13H15N3O3/c1-8(10-4-5-19-7-10)16-12-6-9(13(17)18)2-3-11(12)14-15-16/h2-3,6,8,10H,4-5,7H2,1H3,(H,17,18). The normalized spacial score (nSPS) is 20.8. The third-order valence-electron chi connectivity index (χ3n) is 3.75. The van der Waals surface area contributed by atoms with Gasteiger partial charge in [0.25, 0.3) is 0 Å². The van der Waals surface area contributed by atoms with Crippen LogP contribution in [0, 0.1) is 5.92 Å². The Hall–Kier alpha value is -1.95. The maximum Gasteiger partial charge on any atom is 0.335 e. The monoisotopic (exact) mass is 261 g/mol. The minimum atomic E-state index is -0.938. The van der Waals surface area contributed by atoms with Gasteiger partial charge in [-0.25, -0.2) is 9.48 Å². The minimum absolute atomic E-state index is 0.150. The van der Waals surface area contributed by atoms with Gasteiger partial charge in [-0.05, 0) is 31.5 Å². The number of benzene rings is 1. The second-order valence-electron chi connectivity index (χ2n) is 4.91. The molecule has 19 heavy (non-hydrogen) atoms. The van der Waals surface area contributed by atoms with Crippen LogP contribution in [0.5, 0.6) is 0 Å². The number of ether oxygens (including phenoxy) is 1. The first-order chi connectivity index (χ1) is 9.16. The second-order valence-corrected chi connectivity index (χ2v) is 4.91. The molecular weight excluding hydrogens is 246 g/mol. The molecule has 1 aliphatic rings. The van der Waals surface area contributed by atoms with E-state index in [1.54, 1.807) is 22.9 Å². The van der Waals surface area contributed by atoms with E-state index in [1.165, 1.54) is 0 Å². The molecule has 3 rings (SSSR count). The van der Waals surface area contributed by atoms with Gasteiger partial charge in [-0.1, -0.05) is 5.21 Å². The molecule has 0 radical (unpaired) electrons. The van der Waals surface area contributed by atoms with Gasteiger partial charge in [-0.3, -0.25) is 0 Å². The fourth-order valence-corrected chi connectivity index (χ4v) is 2.50. The molecule has 2 atom stereocenters. The number of aromatic carboxylic acids is 1. The van der Waals surface area contributed by atoms with Crippen molar-refractivity contribution in [2.45, 2.75) is 19.4 Å². The molecule has 6 heteroatoms. The summed E-state index contributed by atoms with van der Waals surface area (Å²) in [4.78, 5) is 11.0. The van der Waals surface area contributed by atoms with Gasteiger partial charge in [0.15, 0.2) is 0 Å². The molecule has 1 aromatic heterocycles. The van der Waals surface area contributed by atoms with Crippen LogP contribution in [0.4, 0.5) is 0 Å². The Morgan fingerprint density at radius 3 is 3.11 bits per heavy atom. The molecule has 0 bridgehead atoms. The van der Waals surface area contributed by atoms with Gasteiger partial charge in [0.05, 0.1) is 23.7 Å². The summed E-state index contributed by atoms with van der Waals surface area (Å²) in [6, 6.07) is 5.02. The van der Waals surface area contributed by atoms with Crippen LogP contribution >= 0.6 is 0 Å². The van der Waals surface area contributed by atoms with E-state index >= 15 is 0 Å². The van der Waals surface area contributed by atoms with Crippen LogP contribution in [-0.2, 0) is 4.74 Å². The molecule has 6 nitrogen and oxygen atoms in total. The van der Waals surface area contributed by atoms with Gasteiger partial charge >= 0.3 is 5.97 Å². The van der Waals surface area contributed by atoms with Crippen molar-refractivity contribution < 1.29 is 14.6 Å². The zero-order valence-corrected chi connectivity index (χ0v) is 10.6. The molecule has 1 saturated heterocycles. The summed E-state index contributed by atoms with van der Waals surface area (Å²) in [6.07, 6.45) is 1.00. The molecule has 2 aromatic rings. The van der Waals surface area contributed by atoms with Crippen molar-refractivity contribution in [1.82, 2.24) is 15.0 Å². The molecule has 1 fully saturated rings. The first-order valence-electron chi connectivity index (χ1n) is 6.33. The molecule has 1 aliphatic heterocycles. The van der Waals surface area contributed by atoms with E-state index in [1.807, 2.05) is 0 Å². The predicted octanol–water partition coefficient (Wildman–Crippen LogP) is 1.73. The fourth-order valence-electron chi connectivity index (χ4n) is 2.50. The lowest BCUT2D eigenvalue weighted by Crippen LogP contribution is -2.18. The van der Waals surface area contributed by atoms with E-state index in [0.29, 0.717) is 5.92 Å². The van der Waals surface area contributed by atoms with E-state index in [4.69, 9.17) is 9.84 Å². The van der Waals surface area contributed by atoms with Crippen LogP contribution in [0.1, 0.15) is 29.7 Å². The molecule has 0 amide bonds. The summed E-state index contributed by atoms with van der Waals surface area (Å²) >= 11 is 0. The topological polar surface area (TPSA) is 77.2 Å². The van der Waals surface area contributed by atoms with Crippen LogP contribution < -0.4 is 0 Å². The number of fused-ring (bicyclic) bond motifs is 1. The number of rotatable bonds is 3. The highest BCUT2D eigenvalue weighted by Crippen LogP contribution is 2.28. The van der Waals surface area contributed by atoms with Crippen LogP contribution in [-0.4, -0.2) is 39.3 Å². The van der Waals surface area contributed by atoms with E-state index in [-0.39, 0.29) is 11.6 Å². The van der Waals surface area contributed by atoms with Crippen LogP contribution in [0.2, 0.25) is 0 Å². The first kappa shape index (κ1) is 12.1. The van der Waals surface area contributed by atoms with Gasteiger partial charge < -0.3 is 9.84 Å². The van der Waals surface area contributed by atoms with Crippen LogP contribution in [0.3, 0.4) is 0 Å². The van der Waals surface area contributed by atoms with E-state index in [9.17, 15) is 4.79 Å². The van der Waals surface area contributed by atoms with E-state index in [0.717, 1.165) is 30.7 Å². The Labute approximate surface area is 110 Å². The third kappa shape index (κ3) is 2.08. The molecule has 2 heterocycles. The molecule has 0 aliphatic carbocycles. The molecule has 0 spiro atoms. The number of carboxylic acids is 1. The average Bonchev–Trinajstić information content (AvgIpc) is 3.06. The lowest BCUT2D eigenvalue weighted by atomic mass is 10.0. The molecule has 1 aromatic carbocycles. The van der Waals surface area contributed by atoms with Crippen molar-refractivity contribution in [3.05, 3.63) is 23.8 Å². The van der Waals surface area contributed by atoms with Gasteiger partial charge in [0.1, 0.15) is 5.52 Å². The first-order valence-corrected chi connectivity index (χ1v) is 6.33. The van der Waals surface area contributed by atoms with Crippen LogP contribution in [0.15, 0.2) is 18.2 Å². The van der Waals surface area contributed by atoms with Crippen molar-refractivity contribution >= 4 is 17.0 Å². The number of carboxylic acid groups (broad SMARTS) is 1. The van der Waals surface area contributed by atoms with Crippen molar-refractivity contribution in [1.29, 1.82) is 0 Å². The lowest BCUT2D eigenvalue weighted by molar-refractivity contribution is 0.0697. The SMILES string of the molecule is CC(C1CCOC1)n1nnc2ccc(C(=O)O)cc21. The highest BCUT2D eigenvalue weighted by atomic mass is 16.5. The Kier molecular flexibility index (Phi) is 2.94. The average molecular weight is 261 g/mol. The Balaban J connectivity index is 2.02. The summed E-state index contributed by atoms with van der Waals surface area (Å²) in [7, 11) is 0. The maximum absolute atomic E-state index is 11.0. The minimum Gasteiger partial charge on any atom is -0.478 e. The van der Waals surface area contributed by atoms with Crippen molar-refractivity contribution in [3.63, 3.8) is 0 Å². The summed E-state index contributed by atoms with van der Waals surface area (Å²) in [5.41, 5.74) is 1.74. The molecule has 100 valence electrons. The predicted molar refractivity (Wildman–Crippen MR) is 68.1 cm³/mol. The van der Waals surface area contributed by atoms with Gasteiger partial charge in [-0.15, -0.1) is 5.10 Å². The van der Waals surface area contributed by atoms with E-state index in [2.05, 4.69) is 17.2 Å². The smallest absolute Gasteiger partial charge is 0.335 e. The quantitative estimate of drug-likeness (QED) is 0.910. The highest BCUT2D eigenvalue weighted by molar-refractivity contribution is 5.92. The number of hydrogen-bond acceptors (Lipinski definition) is 4. The summed E-state index contributed by atoms with van der Waals surface area (Å²) in [5.74, 6) is -0.537. The van der Waals surface area contributed by atoms with E-state index < -0.39 is 5.97 Å². The molecule has 0 saturated carbocycles. The van der Waals surface area contributed by atoms with Gasteiger partial charge in [0, 0.05) is 12.5 Å². The third-order valence-corrected chi connectivity index (χ3v) is 3.75. The summed E-state index contributed by atoms with van der Waals surface area (Å²) in [6.45, 7) is 3.57. The van der Waals surface area contributed by atoms with Crippen LogP contribution in [0.25, 0.3) is 11.0 Å². The zero-order chi connectivity index (χ0) is 13.4. The highest BCUT2D eigenvalue weighted by Gasteiger charge is 2.25. The molecule has 2 unspecified atom stereocenters. The lowest BCUT2D eigenvalue weighted by Gasteiger charge is -2.18. The zero-order valence-electron chi connectivity index (χ0n) is 10.6. The number of aromatic nitrogens is 3. The van der Waals surface area contributed by atoms with Crippen molar-refractivity contribution in [2.24, 2.45) is 5.92 Å². The molecular formula is C13H15N3O3. The van der Waals surface area contributed by atoms with Gasteiger partial charge in [0.2, 0.25) is 0 Å². The summed E-state index contributed by atoms with van der Waals surface area (Å²) in [5, 5.41) is 17.3. The maximum atomic E-state index is 11.0. The largest absolute Gasteiger partial charge is 0.478 e. The fraction of sp³-hybridized carbons (Fsp3) is 0.462.